The van der Waals surface area contributed by atoms with E-state index in [2.05, 4.69) is 14.9 Å². The standard InChI is InChI=1S/C17H19N3O5/c1-23-17(22)12-5-7-13(8-6-12)24-11-14-18-15(25-19-14)16(21)20-9-3-2-4-10-20/h5-8H,2-4,9-11H2,1H3. The van der Waals surface area contributed by atoms with Crippen LogP contribution in [0.15, 0.2) is 28.8 Å². The van der Waals surface area contributed by atoms with Gasteiger partial charge >= 0.3 is 17.8 Å². The molecule has 8 heteroatoms. The van der Waals surface area contributed by atoms with Crippen LogP contribution >= 0.6 is 0 Å². The summed E-state index contributed by atoms with van der Waals surface area (Å²) in [5.41, 5.74) is 0.434. The van der Waals surface area contributed by atoms with Crippen LogP contribution in [0.3, 0.4) is 0 Å². The first-order valence-electron chi connectivity index (χ1n) is 8.10. The van der Waals surface area contributed by atoms with Crippen LogP contribution in [0.2, 0.25) is 0 Å². The van der Waals surface area contributed by atoms with Crippen LogP contribution in [0.25, 0.3) is 0 Å². The summed E-state index contributed by atoms with van der Waals surface area (Å²) in [6, 6.07) is 6.49. The van der Waals surface area contributed by atoms with E-state index < -0.39 is 5.97 Å². The Morgan fingerprint density at radius 1 is 1.16 bits per heavy atom. The molecule has 1 aliphatic heterocycles. The van der Waals surface area contributed by atoms with E-state index in [4.69, 9.17) is 9.26 Å². The molecule has 0 aliphatic carbocycles. The number of nitrogens with zero attached hydrogens (tertiary/aromatic N) is 3. The van der Waals surface area contributed by atoms with Gasteiger partial charge in [-0.1, -0.05) is 5.16 Å². The van der Waals surface area contributed by atoms with Crippen LogP contribution in [0.4, 0.5) is 0 Å². The molecule has 1 amide bonds. The lowest BCUT2D eigenvalue weighted by Crippen LogP contribution is -2.35. The minimum absolute atomic E-state index is 0.0125. The molecule has 0 atom stereocenters. The van der Waals surface area contributed by atoms with E-state index in [0.717, 1.165) is 32.4 Å². The molecule has 0 spiro atoms. The maximum atomic E-state index is 12.3. The minimum Gasteiger partial charge on any atom is -0.485 e. The Kier molecular flexibility index (Phi) is 5.27. The zero-order valence-electron chi connectivity index (χ0n) is 13.9. The van der Waals surface area contributed by atoms with Crippen molar-refractivity contribution in [1.82, 2.24) is 15.0 Å². The maximum Gasteiger partial charge on any atom is 0.337 e. The van der Waals surface area contributed by atoms with E-state index in [1.807, 2.05) is 0 Å². The summed E-state index contributed by atoms with van der Waals surface area (Å²) in [4.78, 5) is 29.5. The Bertz CT molecular complexity index is 735. The van der Waals surface area contributed by atoms with Crippen LogP contribution in [-0.2, 0) is 11.3 Å². The Balaban J connectivity index is 1.56. The van der Waals surface area contributed by atoms with Gasteiger partial charge in [-0.2, -0.15) is 4.98 Å². The van der Waals surface area contributed by atoms with Gasteiger partial charge in [-0.3, -0.25) is 4.79 Å². The molecule has 1 aromatic carbocycles. The fourth-order valence-electron chi connectivity index (χ4n) is 2.58. The molecule has 3 rings (SSSR count). The summed E-state index contributed by atoms with van der Waals surface area (Å²) in [5, 5.41) is 3.77. The van der Waals surface area contributed by atoms with Crippen molar-refractivity contribution in [2.24, 2.45) is 0 Å². The molecular formula is C17H19N3O5. The number of carbonyl (C=O) groups is 2. The summed E-state index contributed by atoms with van der Waals surface area (Å²) in [6.07, 6.45) is 3.14. The normalized spacial score (nSPS) is 14.2. The molecule has 0 radical (unpaired) electrons. The van der Waals surface area contributed by atoms with Gasteiger partial charge in [0.25, 0.3) is 0 Å². The topological polar surface area (TPSA) is 94.8 Å². The van der Waals surface area contributed by atoms with Gasteiger partial charge in [0.2, 0.25) is 5.82 Å². The van der Waals surface area contributed by atoms with Crippen molar-refractivity contribution in [1.29, 1.82) is 0 Å². The summed E-state index contributed by atoms with van der Waals surface area (Å²) >= 11 is 0. The molecule has 0 saturated carbocycles. The van der Waals surface area contributed by atoms with Crippen molar-refractivity contribution >= 4 is 11.9 Å². The summed E-state index contributed by atoms with van der Waals surface area (Å²) in [5.74, 6) is 0.173. The second-order valence-corrected chi connectivity index (χ2v) is 5.67. The Morgan fingerprint density at radius 3 is 2.56 bits per heavy atom. The van der Waals surface area contributed by atoms with E-state index >= 15 is 0 Å². The monoisotopic (exact) mass is 345 g/mol. The van der Waals surface area contributed by atoms with Crippen molar-refractivity contribution in [2.45, 2.75) is 25.9 Å². The number of amides is 1. The van der Waals surface area contributed by atoms with Crippen molar-refractivity contribution in [2.75, 3.05) is 20.2 Å². The molecule has 2 aromatic rings. The van der Waals surface area contributed by atoms with Gasteiger partial charge in [0.05, 0.1) is 12.7 Å². The lowest BCUT2D eigenvalue weighted by molar-refractivity contribution is 0.0600. The second kappa shape index (κ2) is 7.78. The smallest absolute Gasteiger partial charge is 0.337 e. The quantitative estimate of drug-likeness (QED) is 0.765. The molecule has 25 heavy (non-hydrogen) atoms. The first kappa shape index (κ1) is 16.9. The molecule has 8 nitrogen and oxygen atoms in total. The number of benzene rings is 1. The Morgan fingerprint density at radius 2 is 1.88 bits per heavy atom. The number of ether oxygens (including phenoxy) is 2. The maximum absolute atomic E-state index is 12.3. The number of rotatable bonds is 5. The third-order valence-corrected chi connectivity index (χ3v) is 3.94. The SMILES string of the molecule is COC(=O)c1ccc(OCc2noc(C(=O)N3CCCCC3)n2)cc1. The van der Waals surface area contributed by atoms with Crippen molar-refractivity contribution < 1.29 is 23.6 Å². The Labute approximate surface area is 144 Å². The van der Waals surface area contributed by atoms with Gasteiger partial charge in [-0.05, 0) is 43.5 Å². The minimum atomic E-state index is -0.411. The number of likely N-dealkylation sites (tertiary alicyclic amines) is 1. The number of hydrogen-bond acceptors (Lipinski definition) is 7. The van der Waals surface area contributed by atoms with Gasteiger partial charge in [-0.15, -0.1) is 0 Å². The molecule has 1 saturated heterocycles. The van der Waals surface area contributed by atoms with Crippen LogP contribution in [0.1, 0.15) is 46.1 Å². The molecule has 132 valence electrons. The molecule has 0 N–H and O–H groups in total. The highest BCUT2D eigenvalue weighted by Gasteiger charge is 2.23. The van der Waals surface area contributed by atoms with E-state index in [1.54, 1.807) is 29.2 Å². The van der Waals surface area contributed by atoms with Gasteiger partial charge in [0, 0.05) is 13.1 Å². The average molecular weight is 345 g/mol. The first-order valence-corrected chi connectivity index (χ1v) is 8.10. The molecular weight excluding hydrogens is 326 g/mol. The summed E-state index contributed by atoms with van der Waals surface area (Å²) in [7, 11) is 1.33. The van der Waals surface area contributed by atoms with Gasteiger partial charge < -0.3 is 18.9 Å². The van der Waals surface area contributed by atoms with E-state index in [9.17, 15) is 9.59 Å². The first-order chi connectivity index (χ1) is 12.2. The van der Waals surface area contributed by atoms with E-state index in [0.29, 0.717) is 11.3 Å². The molecule has 0 unspecified atom stereocenters. The predicted octanol–water partition coefficient (Wildman–Crippen LogP) is 2.06. The fraction of sp³-hybridized carbons (Fsp3) is 0.412. The molecule has 2 heterocycles. The molecule has 1 fully saturated rings. The number of aromatic nitrogens is 2. The number of esters is 1. The number of carbonyl (C=O) groups excluding carboxylic acids is 2. The summed E-state index contributed by atoms with van der Waals surface area (Å²) in [6.45, 7) is 1.51. The highest BCUT2D eigenvalue weighted by atomic mass is 16.5. The van der Waals surface area contributed by atoms with Gasteiger partial charge in [0.15, 0.2) is 6.61 Å². The Hall–Kier alpha value is -2.90. The van der Waals surface area contributed by atoms with E-state index in [1.165, 1.54) is 7.11 Å². The number of hydrogen-bond donors (Lipinski definition) is 0. The zero-order chi connectivity index (χ0) is 17.6. The lowest BCUT2D eigenvalue weighted by atomic mass is 10.1. The van der Waals surface area contributed by atoms with Gasteiger partial charge in [0.1, 0.15) is 5.75 Å². The molecule has 1 aromatic heterocycles. The number of methoxy groups -OCH3 is 1. The molecule has 1 aliphatic rings. The lowest BCUT2D eigenvalue weighted by Gasteiger charge is -2.24. The van der Waals surface area contributed by atoms with Crippen LogP contribution in [0.5, 0.6) is 5.75 Å². The van der Waals surface area contributed by atoms with Crippen molar-refractivity contribution in [3.63, 3.8) is 0 Å². The largest absolute Gasteiger partial charge is 0.485 e. The summed E-state index contributed by atoms with van der Waals surface area (Å²) < 4.78 is 15.2. The van der Waals surface area contributed by atoms with E-state index in [-0.39, 0.29) is 24.2 Å². The molecule has 0 bridgehead atoms. The second-order valence-electron chi connectivity index (χ2n) is 5.67. The van der Waals surface area contributed by atoms with Crippen LogP contribution in [0, 0.1) is 0 Å². The number of piperidine rings is 1. The predicted molar refractivity (Wildman–Crippen MR) is 86.2 cm³/mol. The zero-order valence-corrected chi connectivity index (χ0v) is 13.9. The van der Waals surface area contributed by atoms with Gasteiger partial charge in [-0.25, -0.2) is 4.79 Å². The highest BCUT2D eigenvalue weighted by Crippen LogP contribution is 2.15. The van der Waals surface area contributed by atoms with Crippen molar-refractivity contribution in [3.8, 4) is 5.75 Å². The third kappa shape index (κ3) is 4.14. The van der Waals surface area contributed by atoms with Crippen LogP contribution in [-0.4, -0.2) is 47.1 Å². The highest BCUT2D eigenvalue weighted by molar-refractivity contribution is 5.89. The third-order valence-electron chi connectivity index (χ3n) is 3.94. The van der Waals surface area contributed by atoms with Crippen molar-refractivity contribution in [3.05, 3.63) is 41.5 Å². The van der Waals surface area contributed by atoms with Crippen LogP contribution < -0.4 is 4.74 Å². The average Bonchev–Trinajstić information content (AvgIpc) is 3.15. The fourth-order valence-corrected chi connectivity index (χ4v) is 2.58.